The summed E-state index contributed by atoms with van der Waals surface area (Å²) in [6, 6.07) is 8.47. The highest BCUT2D eigenvalue weighted by atomic mass is 32.1. The average molecular weight is 261 g/mol. The Hall–Kier alpha value is -2.01. The van der Waals surface area contributed by atoms with Crippen molar-refractivity contribution in [1.29, 1.82) is 0 Å². The van der Waals surface area contributed by atoms with Gasteiger partial charge in [-0.25, -0.2) is 4.39 Å². The van der Waals surface area contributed by atoms with Gasteiger partial charge in [0.1, 0.15) is 10.8 Å². The van der Waals surface area contributed by atoms with Gasteiger partial charge in [-0.1, -0.05) is 24.4 Å². The zero-order chi connectivity index (χ0) is 13.0. The number of pyridine rings is 1. The molecule has 0 atom stereocenters. The number of rotatable bonds is 4. The van der Waals surface area contributed by atoms with Gasteiger partial charge in [0.2, 0.25) is 0 Å². The van der Waals surface area contributed by atoms with Crippen molar-refractivity contribution >= 4 is 22.9 Å². The van der Waals surface area contributed by atoms with E-state index in [9.17, 15) is 4.39 Å². The van der Waals surface area contributed by atoms with Gasteiger partial charge in [0.15, 0.2) is 0 Å². The first-order valence-corrected chi connectivity index (χ1v) is 5.80. The lowest BCUT2D eigenvalue weighted by molar-refractivity contribution is 0.626. The van der Waals surface area contributed by atoms with Crippen molar-refractivity contribution in [2.24, 2.45) is 5.73 Å². The summed E-state index contributed by atoms with van der Waals surface area (Å²) in [5.41, 5.74) is 7.36. The van der Waals surface area contributed by atoms with Gasteiger partial charge in [-0.15, -0.1) is 0 Å². The number of nitrogens with zero attached hydrogens (tertiary/aromatic N) is 1. The fourth-order valence-electron chi connectivity index (χ4n) is 1.62. The number of benzene rings is 1. The van der Waals surface area contributed by atoms with Crippen LogP contribution in [0, 0.1) is 5.82 Å². The molecule has 3 nitrogen and oxygen atoms in total. The third-order valence-electron chi connectivity index (χ3n) is 2.47. The number of aromatic nitrogens is 1. The molecular weight excluding hydrogens is 249 g/mol. The molecule has 2 aromatic rings. The van der Waals surface area contributed by atoms with Crippen LogP contribution in [0.15, 0.2) is 42.7 Å². The molecule has 0 saturated carbocycles. The van der Waals surface area contributed by atoms with E-state index in [1.807, 2.05) is 12.1 Å². The number of halogens is 1. The molecule has 5 heteroatoms. The maximum atomic E-state index is 13.6. The molecule has 1 heterocycles. The molecule has 0 aliphatic carbocycles. The first kappa shape index (κ1) is 12.4. The summed E-state index contributed by atoms with van der Waals surface area (Å²) >= 11 is 4.85. The Bertz CT molecular complexity index is 557. The summed E-state index contributed by atoms with van der Waals surface area (Å²) in [4.78, 5) is 4.05. The minimum absolute atomic E-state index is 0.0433. The van der Waals surface area contributed by atoms with Crippen LogP contribution in [-0.2, 0) is 6.54 Å². The van der Waals surface area contributed by atoms with Gasteiger partial charge in [0.05, 0.1) is 5.56 Å². The lowest BCUT2D eigenvalue weighted by Crippen LogP contribution is -2.15. The molecule has 0 radical (unpaired) electrons. The van der Waals surface area contributed by atoms with E-state index < -0.39 is 5.82 Å². The zero-order valence-corrected chi connectivity index (χ0v) is 10.4. The number of hydrogen-bond acceptors (Lipinski definition) is 3. The Labute approximate surface area is 110 Å². The maximum absolute atomic E-state index is 13.6. The molecule has 1 aromatic carbocycles. The van der Waals surface area contributed by atoms with E-state index in [1.54, 1.807) is 24.5 Å². The summed E-state index contributed by atoms with van der Waals surface area (Å²) in [5, 5.41) is 3.10. The molecule has 1 aromatic heterocycles. The van der Waals surface area contributed by atoms with Crippen LogP contribution in [0.4, 0.5) is 10.1 Å². The molecule has 2 rings (SSSR count). The molecular formula is C13H12FN3S. The third kappa shape index (κ3) is 2.81. The highest BCUT2D eigenvalue weighted by Gasteiger charge is 2.10. The van der Waals surface area contributed by atoms with Gasteiger partial charge in [-0.3, -0.25) is 4.98 Å². The number of nitrogens with one attached hydrogen (secondary N) is 1. The Balaban J connectivity index is 2.20. The van der Waals surface area contributed by atoms with Gasteiger partial charge >= 0.3 is 0 Å². The first-order chi connectivity index (χ1) is 8.68. The Kier molecular flexibility index (Phi) is 3.84. The van der Waals surface area contributed by atoms with Gasteiger partial charge in [-0.2, -0.15) is 0 Å². The number of hydrogen-bond donors (Lipinski definition) is 2. The standard InChI is InChI=1S/C13H12FN3S/c14-10-4-1-5-11(12(10)13(15)18)17-8-9-3-2-6-16-7-9/h1-7,17H,8H2,(H2,15,18). The Morgan fingerprint density at radius 2 is 2.17 bits per heavy atom. The fraction of sp³-hybridized carbons (Fsp3) is 0.0769. The maximum Gasteiger partial charge on any atom is 0.135 e. The van der Waals surface area contributed by atoms with E-state index in [4.69, 9.17) is 18.0 Å². The Morgan fingerprint density at radius 3 is 2.83 bits per heavy atom. The predicted octanol–water partition coefficient (Wildman–Crippen LogP) is 2.47. The second-order valence-corrected chi connectivity index (χ2v) is 4.18. The van der Waals surface area contributed by atoms with Crippen LogP contribution in [0.5, 0.6) is 0 Å². The molecule has 0 amide bonds. The van der Waals surface area contributed by atoms with Gasteiger partial charge < -0.3 is 11.1 Å². The van der Waals surface area contributed by atoms with Crippen LogP contribution in [-0.4, -0.2) is 9.97 Å². The van der Waals surface area contributed by atoms with Crippen molar-refractivity contribution in [3.8, 4) is 0 Å². The minimum Gasteiger partial charge on any atom is -0.389 e. The summed E-state index contributed by atoms with van der Waals surface area (Å²) in [6.45, 7) is 0.535. The van der Waals surface area contributed by atoms with Crippen LogP contribution in [0.25, 0.3) is 0 Å². The molecule has 92 valence electrons. The zero-order valence-electron chi connectivity index (χ0n) is 9.56. The Morgan fingerprint density at radius 1 is 1.33 bits per heavy atom. The van der Waals surface area contributed by atoms with Gasteiger partial charge in [-0.05, 0) is 23.8 Å². The summed E-state index contributed by atoms with van der Waals surface area (Å²) in [6.07, 6.45) is 3.44. The van der Waals surface area contributed by atoms with Crippen molar-refractivity contribution in [3.05, 3.63) is 59.7 Å². The monoisotopic (exact) mass is 261 g/mol. The van der Waals surface area contributed by atoms with Crippen molar-refractivity contribution in [2.45, 2.75) is 6.54 Å². The van der Waals surface area contributed by atoms with E-state index in [-0.39, 0.29) is 10.6 Å². The third-order valence-corrected chi connectivity index (χ3v) is 2.67. The molecule has 0 aliphatic heterocycles. The molecule has 3 N–H and O–H groups in total. The topological polar surface area (TPSA) is 50.9 Å². The van der Waals surface area contributed by atoms with Crippen LogP contribution >= 0.6 is 12.2 Å². The first-order valence-electron chi connectivity index (χ1n) is 5.39. The number of anilines is 1. The van der Waals surface area contributed by atoms with Crippen LogP contribution < -0.4 is 11.1 Å². The molecule has 0 fully saturated rings. The second kappa shape index (κ2) is 5.55. The molecule has 0 aliphatic rings. The van der Waals surface area contributed by atoms with Crippen molar-refractivity contribution < 1.29 is 4.39 Å². The highest BCUT2D eigenvalue weighted by molar-refractivity contribution is 7.80. The van der Waals surface area contributed by atoms with Crippen LogP contribution in [0.1, 0.15) is 11.1 Å². The second-order valence-electron chi connectivity index (χ2n) is 3.74. The van der Waals surface area contributed by atoms with Gasteiger partial charge in [0, 0.05) is 24.6 Å². The molecule has 18 heavy (non-hydrogen) atoms. The molecule has 0 bridgehead atoms. The quantitative estimate of drug-likeness (QED) is 0.830. The normalized spacial score (nSPS) is 10.1. The van der Waals surface area contributed by atoms with Crippen LogP contribution in [0.2, 0.25) is 0 Å². The van der Waals surface area contributed by atoms with E-state index in [1.165, 1.54) is 6.07 Å². The average Bonchev–Trinajstić information content (AvgIpc) is 2.37. The van der Waals surface area contributed by atoms with E-state index in [0.29, 0.717) is 12.2 Å². The van der Waals surface area contributed by atoms with E-state index >= 15 is 0 Å². The summed E-state index contributed by atoms with van der Waals surface area (Å²) in [5.74, 6) is -0.418. The lowest BCUT2D eigenvalue weighted by atomic mass is 10.1. The number of nitrogens with two attached hydrogens (primary N) is 1. The van der Waals surface area contributed by atoms with Crippen molar-refractivity contribution in [3.63, 3.8) is 0 Å². The lowest BCUT2D eigenvalue weighted by Gasteiger charge is -2.11. The smallest absolute Gasteiger partial charge is 0.135 e. The largest absolute Gasteiger partial charge is 0.389 e. The van der Waals surface area contributed by atoms with E-state index in [0.717, 1.165) is 5.56 Å². The highest BCUT2D eigenvalue weighted by Crippen LogP contribution is 2.19. The summed E-state index contributed by atoms with van der Waals surface area (Å²) < 4.78 is 13.6. The molecule has 0 saturated heterocycles. The van der Waals surface area contributed by atoms with Crippen LogP contribution in [0.3, 0.4) is 0 Å². The fourth-order valence-corrected chi connectivity index (χ4v) is 1.83. The minimum atomic E-state index is -0.418. The molecule has 0 spiro atoms. The number of thiocarbonyl (C=S) groups is 1. The van der Waals surface area contributed by atoms with Crippen molar-refractivity contribution in [2.75, 3.05) is 5.32 Å². The summed E-state index contributed by atoms with van der Waals surface area (Å²) in [7, 11) is 0. The molecule has 0 unspecified atom stereocenters. The predicted molar refractivity (Wildman–Crippen MR) is 73.9 cm³/mol. The SMILES string of the molecule is NC(=S)c1c(F)cccc1NCc1cccnc1. The van der Waals surface area contributed by atoms with Gasteiger partial charge in [0.25, 0.3) is 0 Å². The van der Waals surface area contributed by atoms with Crippen molar-refractivity contribution in [1.82, 2.24) is 4.98 Å². The van der Waals surface area contributed by atoms with E-state index in [2.05, 4.69) is 10.3 Å².